The van der Waals surface area contributed by atoms with E-state index in [1.807, 2.05) is 0 Å². The van der Waals surface area contributed by atoms with E-state index in [1.54, 1.807) is 70.6 Å². The van der Waals surface area contributed by atoms with Crippen molar-refractivity contribution in [3.8, 4) is 46.1 Å². The van der Waals surface area contributed by atoms with Gasteiger partial charge in [-0.15, -0.1) is 0 Å². The van der Waals surface area contributed by atoms with Gasteiger partial charge >= 0.3 is 0 Å². The average molecular weight is 1190 g/mol. The lowest BCUT2D eigenvalue weighted by molar-refractivity contribution is 0.778. The van der Waals surface area contributed by atoms with E-state index >= 15 is 0 Å². The van der Waals surface area contributed by atoms with Crippen molar-refractivity contribution >= 4 is 127 Å². The maximum absolute atomic E-state index is 5.47. The molecular weight excluding hydrogens is 1120 g/mol. The van der Waals surface area contributed by atoms with Gasteiger partial charge in [0.25, 0.3) is 0 Å². The van der Waals surface area contributed by atoms with Crippen molar-refractivity contribution in [3.63, 3.8) is 0 Å². The molecule has 0 aromatic carbocycles. The van der Waals surface area contributed by atoms with Crippen LogP contribution < -0.4 is 9.80 Å². The molecule has 24 heteroatoms. The Kier molecular flexibility index (Phi) is 16.4. The van der Waals surface area contributed by atoms with Gasteiger partial charge < -0.3 is 19.8 Å². The van der Waals surface area contributed by atoms with Crippen molar-refractivity contribution in [1.29, 1.82) is 0 Å². The molecule has 426 valence electrons. The van der Waals surface area contributed by atoms with Gasteiger partial charge in [0.2, 0.25) is 0 Å². The van der Waals surface area contributed by atoms with E-state index in [9.17, 15) is 0 Å². The van der Waals surface area contributed by atoms with Crippen LogP contribution in [0.2, 0.25) is 0 Å². The van der Waals surface area contributed by atoms with Gasteiger partial charge in [-0.1, -0.05) is 195 Å². The number of aromatic amines is 2. The topological polar surface area (TPSA) is 219 Å². The van der Waals surface area contributed by atoms with E-state index in [4.69, 9.17) is 69.8 Å². The third kappa shape index (κ3) is 13.4. The summed E-state index contributed by atoms with van der Waals surface area (Å²) < 4.78 is -1.19. The Bertz CT molecular complexity index is 3480. The highest BCUT2D eigenvalue weighted by Gasteiger charge is 2.34. The highest BCUT2D eigenvalue weighted by atomic mass is 32.2. The molecule has 8 bridgehead atoms. The van der Waals surface area contributed by atoms with Crippen LogP contribution in [-0.4, -0.2) is 134 Å². The molecule has 0 radical (unpaired) electrons. The number of nitrogens with one attached hydrogen (secondary N) is 2. The van der Waals surface area contributed by atoms with E-state index < -0.39 is 0 Å². The van der Waals surface area contributed by atoms with Crippen molar-refractivity contribution in [1.82, 2.24) is 79.7 Å². The standard InChI is InChI=1S/C56H76N18S6/c1-23-73(24-2)43-44(74(25-3)26-4)58-28-27(57-43)35-65-36(28)67-38-30-32(62-48(78-54(14,15)16)46(60-30)76-52(8,9)10)40(69-38)71-42-34-33(63-49(79-55(17,18)19)50(64-34)80-56(20,21)22)41(72-42)70-39-31-29(37(66-35)68-39)59-45(75-51(5,6)7)47(61-31)77-53(11,12)13/h23-26H2,1-22H3,(H2,65,66,67,68,69,70,71,72). The Labute approximate surface area is 496 Å². The maximum atomic E-state index is 5.47. The van der Waals surface area contributed by atoms with Crippen molar-refractivity contribution < 1.29 is 0 Å². The Morgan fingerprint density at radius 2 is 0.475 bits per heavy atom. The predicted molar refractivity (Wildman–Crippen MR) is 339 cm³/mol. The summed E-state index contributed by atoms with van der Waals surface area (Å²) in [5, 5.41) is 4.66. The molecule has 0 saturated heterocycles. The van der Waals surface area contributed by atoms with Crippen molar-refractivity contribution in [2.75, 3.05) is 36.0 Å². The van der Waals surface area contributed by atoms with Crippen LogP contribution in [0.1, 0.15) is 152 Å². The third-order valence-electron chi connectivity index (χ3n) is 11.4. The van der Waals surface area contributed by atoms with Crippen LogP contribution >= 0.6 is 70.6 Å². The summed E-state index contributed by atoms with van der Waals surface area (Å²) in [5.41, 5.74) is 5.47. The van der Waals surface area contributed by atoms with Gasteiger partial charge in [-0.2, -0.15) is 0 Å². The summed E-state index contributed by atoms with van der Waals surface area (Å²) in [6.07, 6.45) is 0. The minimum Gasteiger partial charge on any atom is -0.354 e. The zero-order valence-corrected chi connectivity index (χ0v) is 55.3. The van der Waals surface area contributed by atoms with E-state index in [0.717, 1.165) is 41.8 Å². The molecule has 7 aromatic rings. The van der Waals surface area contributed by atoms with E-state index in [2.05, 4.69) is 172 Å². The number of thioether (sulfide) groups is 6. The fraction of sp³-hybridized carbons (Fsp3) is 0.571. The van der Waals surface area contributed by atoms with Gasteiger partial charge in [0.15, 0.2) is 57.5 Å². The molecule has 0 spiro atoms. The van der Waals surface area contributed by atoms with Crippen LogP contribution in [0.25, 0.3) is 90.7 Å². The summed E-state index contributed by atoms with van der Waals surface area (Å²) in [5.74, 6) is 2.66. The molecule has 2 N–H and O–H groups in total. The van der Waals surface area contributed by atoms with Crippen LogP contribution in [0.5, 0.6) is 0 Å². The second-order valence-electron chi connectivity index (χ2n) is 25.4. The highest BCUT2D eigenvalue weighted by Crippen LogP contribution is 2.47. The number of aromatic nitrogens is 16. The summed E-state index contributed by atoms with van der Waals surface area (Å²) in [4.78, 5) is 87.4. The van der Waals surface area contributed by atoms with Gasteiger partial charge in [0, 0.05) is 54.7 Å². The van der Waals surface area contributed by atoms with E-state index in [-0.39, 0.29) is 28.5 Å². The van der Waals surface area contributed by atoms with Gasteiger partial charge in [0.1, 0.15) is 75.0 Å². The van der Waals surface area contributed by atoms with Crippen LogP contribution in [0.4, 0.5) is 11.6 Å². The summed E-state index contributed by atoms with van der Waals surface area (Å²) >= 11 is 9.96. The molecule has 0 fully saturated rings. The molecule has 2 aliphatic rings. The van der Waals surface area contributed by atoms with E-state index in [1.165, 1.54) is 0 Å². The first-order valence-electron chi connectivity index (χ1n) is 27.3. The molecular formula is C56H76N18S6. The Balaban J connectivity index is 1.52. The largest absolute Gasteiger partial charge is 0.354 e. The molecule has 9 heterocycles. The Morgan fingerprint density at radius 1 is 0.275 bits per heavy atom. The molecule has 80 heavy (non-hydrogen) atoms. The lowest BCUT2D eigenvalue weighted by Crippen LogP contribution is -2.30. The summed E-state index contributed by atoms with van der Waals surface area (Å²) in [6, 6.07) is 0. The third-order valence-corrected chi connectivity index (χ3v) is 18.3. The monoisotopic (exact) mass is 1190 g/mol. The molecule has 0 atom stereocenters. The number of nitrogens with zero attached hydrogens (tertiary/aromatic N) is 16. The summed E-state index contributed by atoms with van der Waals surface area (Å²) in [6.45, 7) is 50.5. The van der Waals surface area contributed by atoms with Crippen LogP contribution in [0, 0.1) is 0 Å². The number of anilines is 2. The zero-order valence-electron chi connectivity index (χ0n) is 50.4. The lowest BCUT2D eigenvalue weighted by Gasteiger charge is -2.28. The quantitative estimate of drug-likeness (QED) is 0.109. The van der Waals surface area contributed by atoms with Crippen LogP contribution in [0.15, 0.2) is 30.2 Å². The maximum Gasteiger partial charge on any atom is 0.184 e. The first-order valence-corrected chi connectivity index (χ1v) is 32.2. The SMILES string of the molecule is CCN(CC)c1nc2c(nc1N(CC)CC)-c1nc-2nc2[nH]c(nc3nc(nc4[nH]c(n1)c1nc(SC(C)(C)C)c(SC(C)(C)C)nc41)-c1nc(SC(C)(C)C)c(SC(C)(C)C)nc1-3)c1nc(SC(C)(C)C)c(SC(C)(C)C)nc21. The minimum absolute atomic E-state index is 0.198. The van der Waals surface area contributed by atoms with Crippen molar-refractivity contribution in [2.45, 2.75) is 211 Å². The Morgan fingerprint density at radius 3 is 0.675 bits per heavy atom. The predicted octanol–water partition coefficient (Wildman–Crippen LogP) is 15.1. The van der Waals surface area contributed by atoms with Crippen molar-refractivity contribution in [3.05, 3.63) is 0 Å². The second-order valence-corrected chi connectivity index (χ2v) is 36.3. The number of hydrogen-bond acceptors (Lipinski definition) is 22. The van der Waals surface area contributed by atoms with Crippen LogP contribution in [-0.2, 0) is 0 Å². The molecule has 0 unspecified atom stereocenters. The molecule has 18 nitrogen and oxygen atoms in total. The molecule has 9 rings (SSSR count). The highest BCUT2D eigenvalue weighted by molar-refractivity contribution is 8.04. The normalized spacial score (nSPS) is 13.4. The molecule has 0 saturated carbocycles. The number of rotatable bonds is 12. The molecule has 2 aliphatic heterocycles. The zero-order chi connectivity index (χ0) is 58.4. The number of hydrogen-bond donors (Lipinski definition) is 2. The average Bonchev–Trinajstić information content (AvgIpc) is 4.26. The van der Waals surface area contributed by atoms with Crippen molar-refractivity contribution in [2.24, 2.45) is 0 Å². The number of H-pyrrole nitrogens is 2. The fourth-order valence-corrected chi connectivity index (χ4v) is 14.3. The first kappa shape index (κ1) is 60.0. The molecule has 0 aliphatic carbocycles. The van der Waals surface area contributed by atoms with Gasteiger partial charge in [0.05, 0.1) is 0 Å². The molecule has 7 aromatic heterocycles. The second kappa shape index (κ2) is 21.9. The van der Waals surface area contributed by atoms with E-state index in [0.29, 0.717) is 117 Å². The first-order chi connectivity index (χ1) is 37.1. The molecule has 0 amide bonds. The number of fused-ring (bicyclic) bond motifs is 20. The fourth-order valence-electron chi connectivity index (χ4n) is 8.46. The minimum atomic E-state index is -0.200. The lowest BCUT2D eigenvalue weighted by atomic mass is 10.3. The summed E-state index contributed by atoms with van der Waals surface area (Å²) in [7, 11) is 0. The smallest absolute Gasteiger partial charge is 0.184 e. The van der Waals surface area contributed by atoms with Gasteiger partial charge in [-0.05, 0) is 27.7 Å². The van der Waals surface area contributed by atoms with Gasteiger partial charge in [-0.3, -0.25) is 0 Å². The van der Waals surface area contributed by atoms with Crippen LogP contribution in [0.3, 0.4) is 0 Å². The van der Waals surface area contributed by atoms with Gasteiger partial charge in [-0.25, -0.2) is 69.8 Å². The Hall–Kier alpha value is -4.62.